The van der Waals surface area contributed by atoms with E-state index in [4.69, 9.17) is 4.74 Å². The lowest BCUT2D eigenvalue weighted by atomic mass is 10.1. The Kier molecular flexibility index (Phi) is 6.61. The van der Waals surface area contributed by atoms with Gasteiger partial charge in [0.15, 0.2) is 0 Å². The van der Waals surface area contributed by atoms with Gasteiger partial charge in [0.1, 0.15) is 5.82 Å². The van der Waals surface area contributed by atoms with Crippen molar-refractivity contribution < 1.29 is 14.3 Å². The number of nitrogens with zero attached hydrogens (tertiary/aromatic N) is 3. The summed E-state index contributed by atoms with van der Waals surface area (Å²) in [5.41, 5.74) is 3.10. The lowest BCUT2D eigenvalue weighted by molar-refractivity contribution is -0.118. The van der Waals surface area contributed by atoms with E-state index in [9.17, 15) is 14.4 Å². The average Bonchev–Trinajstić information content (AvgIpc) is 3.48. The van der Waals surface area contributed by atoms with E-state index in [-0.39, 0.29) is 30.0 Å². The molecular formula is C26H29N5O4. The molecule has 2 amide bonds. The van der Waals surface area contributed by atoms with Gasteiger partial charge in [-0.25, -0.2) is 4.98 Å². The predicted octanol–water partition coefficient (Wildman–Crippen LogP) is 2.45. The summed E-state index contributed by atoms with van der Waals surface area (Å²) in [6.07, 6.45) is 2.76. The summed E-state index contributed by atoms with van der Waals surface area (Å²) >= 11 is 0. The second kappa shape index (κ2) is 9.97. The van der Waals surface area contributed by atoms with Gasteiger partial charge in [-0.1, -0.05) is 12.1 Å². The van der Waals surface area contributed by atoms with Crippen LogP contribution in [0.25, 0.3) is 10.9 Å². The molecule has 0 unspecified atom stereocenters. The fourth-order valence-electron chi connectivity index (χ4n) is 4.89. The third-order valence-electron chi connectivity index (χ3n) is 6.53. The number of ether oxygens (including phenoxy) is 1. The molecule has 35 heavy (non-hydrogen) atoms. The zero-order valence-electron chi connectivity index (χ0n) is 19.8. The van der Waals surface area contributed by atoms with Gasteiger partial charge < -0.3 is 19.9 Å². The molecule has 2 aromatic carbocycles. The van der Waals surface area contributed by atoms with E-state index in [1.54, 1.807) is 17.9 Å². The third-order valence-corrected chi connectivity index (χ3v) is 6.53. The fourth-order valence-corrected chi connectivity index (χ4v) is 4.89. The Hall–Kier alpha value is -3.56. The van der Waals surface area contributed by atoms with Crippen LogP contribution < -0.4 is 15.8 Å². The lowest BCUT2D eigenvalue weighted by Gasteiger charge is -2.24. The Morgan fingerprint density at radius 3 is 2.91 bits per heavy atom. The van der Waals surface area contributed by atoms with Crippen LogP contribution in [0.3, 0.4) is 0 Å². The Labute approximate surface area is 203 Å². The van der Waals surface area contributed by atoms with E-state index in [0.29, 0.717) is 42.0 Å². The van der Waals surface area contributed by atoms with Crippen LogP contribution in [0.4, 0.5) is 11.4 Å². The van der Waals surface area contributed by atoms with Crippen molar-refractivity contribution in [3.8, 4) is 0 Å². The number of aromatic nitrogens is 2. The second-order valence-electron chi connectivity index (χ2n) is 9.15. The summed E-state index contributed by atoms with van der Waals surface area (Å²) in [4.78, 5) is 48.5. The van der Waals surface area contributed by atoms with E-state index in [2.05, 4.69) is 15.3 Å². The van der Waals surface area contributed by atoms with Crippen molar-refractivity contribution >= 4 is 34.1 Å². The Morgan fingerprint density at radius 1 is 1.26 bits per heavy atom. The number of hydrogen-bond acceptors (Lipinski definition) is 6. The molecule has 1 fully saturated rings. The topological polar surface area (TPSA) is 108 Å². The van der Waals surface area contributed by atoms with E-state index in [0.717, 1.165) is 37.1 Å². The number of amides is 2. The largest absolute Gasteiger partial charge is 0.377 e. The zero-order valence-corrected chi connectivity index (χ0v) is 19.8. The van der Waals surface area contributed by atoms with Gasteiger partial charge in [0.25, 0.3) is 5.56 Å². The number of fused-ring (bicyclic) bond motifs is 2. The first-order valence-electron chi connectivity index (χ1n) is 12.0. The summed E-state index contributed by atoms with van der Waals surface area (Å²) in [6.45, 7) is 3.97. The summed E-state index contributed by atoms with van der Waals surface area (Å²) in [5, 5.41) is 3.52. The van der Waals surface area contributed by atoms with Gasteiger partial charge in [0.2, 0.25) is 11.8 Å². The predicted molar refractivity (Wildman–Crippen MR) is 133 cm³/mol. The molecule has 2 N–H and O–H groups in total. The number of carbonyl (C=O) groups excluding carboxylic acids is 2. The van der Waals surface area contributed by atoms with Crippen LogP contribution in [0.5, 0.6) is 0 Å². The molecular weight excluding hydrogens is 446 g/mol. The smallest absolute Gasteiger partial charge is 0.258 e. The van der Waals surface area contributed by atoms with E-state index >= 15 is 0 Å². The summed E-state index contributed by atoms with van der Waals surface area (Å²) < 4.78 is 5.80. The Bertz CT molecular complexity index is 1310. The minimum Gasteiger partial charge on any atom is -0.377 e. The van der Waals surface area contributed by atoms with Gasteiger partial charge in [-0.2, -0.15) is 0 Å². The molecule has 1 aromatic heterocycles. The highest BCUT2D eigenvalue weighted by Crippen LogP contribution is 2.30. The maximum Gasteiger partial charge on any atom is 0.258 e. The number of aromatic amines is 1. The molecule has 182 valence electrons. The molecule has 2 aliphatic rings. The molecule has 0 spiro atoms. The molecule has 9 nitrogen and oxygen atoms in total. The molecule has 1 saturated heterocycles. The summed E-state index contributed by atoms with van der Waals surface area (Å²) in [5.74, 6) is 0.375. The number of rotatable bonds is 7. The van der Waals surface area contributed by atoms with Crippen LogP contribution in [0, 0.1) is 0 Å². The fraction of sp³-hybridized carbons (Fsp3) is 0.385. The molecule has 0 aliphatic carbocycles. The molecule has 0 saturated carbocycles. The quantitative estimate of drug-likeness (QED) is 0.544. The summed E-state index contributed by atoms with van der Waals surface area (Å²) in [6, 6.07) is 12.9. The minimum absolute atomic E-state index is 0.0191. The van der Waals surface area contributed by atoms with Crippen molar-refractivity contribution in [2.24, 2.45) is 0 Å². The highest BCUT2D eigenvalue weighted by Gasteiger charge is 2.24. The lowest BCUT2D eigenvalue weighted by Crippen LogP contribution is -2.38. The van der Waals surface area contributed by atoms with Crippen molar-refractivity contribution in [2.45, 2.75) is 38.8 Å². The molecule has 3 heterocycles. The Morgan fingerprint density at radius 2 is 2.11 bits per heavy atom. The van der Waals surface area contributed by atoms with Crippen LogP contribution in [0.1, 0.15) is 31.2 Å². The third kappa shape index (κ3) is 5.26. The van der Waals surface area contributed by atoms with Gasteiger partial charge in [-0.15, -0.1) is 0 Å². The van der Waals surface area contributed by atoms with Gasteiger partial charge in [0, 0.05) is 38.0 Å². The molecule has 0 radical (unpaired) electrons. The number of benzene rings is 2. The molecule has 5 rings (SSSR count). The van der Waals surface area contributed by atoms with E-state index < -0.39 is 0 Å². The van der Waals surface area contributed by atoms with Crippen LogP contribution in [0.2, 0.25) is 0 Å². The van der Waals surface area contributed by atoms with Crippen molar-refractivity contribution in [3.05, 3.63) is 64.2 Å². The number of nitrogens with one attached hydrogen (secondary N) is 2. The van der Waals surface area contributed by atoms with Crippen molar-refractivity contribution in [2.75, 3.05) is 36.5 Å². The van der Waals surface area contributed by atoms with Gasteiger partial charge >= 0.3 is 0 Å². The van der Waals surface area contributed by atoms with Crippen LogP contribution in [-0.2, 0) is 27.3 Å². The summed E-state index contributed by atoms with van der Waals surface area (Å²) in [7, 11) is 0. The standard InChI is InChI=1S/C26H29N5O4/c1-17(32)31-11-10-18-13-19(8-9-23(18)31)27-25(33)16-30(14-20-5-4-12-35-20)15-24-28-22-7-3-2-6-21(22)26(34)29-24/h2-3,6-9,13,20H,4-5,10-12,14-16H2,1H3,(H,27,33)(H,28,29,34)/t20-/m0/s1. The maximum atomic E-state index is 13.0. The average molecular weight is 476 g/mol. The Balaban J connectivity index is 1.30. The molecule has 9 heteroatoms. The maximum absolute atomic E-state index is 13.0. The second-order valence-corrected chi connectivity index (χ2v) is 9.15. The normalized spacial score (nSPS) is 17.2. The number of anilines is 2. The first-order valence-corrected chi connectivity index (χ1v) is 12.0. The van der Waals surface area contributed by atoms with Crippen molar-refractivity contribution in [3.63, 3.8) is 0 Å². The molecule has 2 aliphatic heterocycles. The van der Waals surface area contributed by atoms with Crippen molar-refractivity contribution in [1.82, 2.24) is 14.9 Å². The zero-order chi connectivity index (χ0) is 24.4. The van der Waals surface area contributed by atoms with Crippen LogP contribution in [-0.4, -0.2) is 59.0 Å². The number of H-pyrrole nitrogens is 1. The molecule has 1 atom stereocenters. The monoisotopic (exact) mass is 475 g/mol. The highest BCUT2D eigenvalue weighted by atomic mass is 16.5. The number of carbonyl (C=O) groups is 2. The van der Waals surface area contributed by atoms with E-state index in [1.807, 2.05) is 41.3 Å². The highest BCUT2D eigenvalue weighted by molar-refractivity contribution is 5.96. The SMILES string of the molecule is CC(=O)N1CCc2cc(NC(=O)CN(Cc3nc4ccccc4c(=O)[nH]3)C[C@@H]3CCCO3)ccc21. The van der Waals surface area contributed by atoms with Gasteiger partial charge in [-0.3, -0.25) is 19.3 Å². The number of para-hydroxylation sites is 1. The van der Waals surface area contributed by atoms with Crippen LogP contribution >= 0.6 is 0 Å². The molecule has 0 bridgehead atoms. The number of hydrogen-bond donors (Lipinski definition) is 2. The first-order chi connectivity index (χ1) is 17.0. The van der Waals surface area contributed by atoms with Gasteiger partial charge in [0.05, 0.1) is 30.1 Å². The first kappa shape index (κ1) is 23.2. The minimum atomic E-state index is -0.190. The molecule has 3 aromatic rings. The van der Waals surface area contributed by atoms with Crippen LogP contribution in [0.15, 0.2) is 47.3 Å². The van der Waals surface area contributed by atoms with E-state index in [1.165, 1.54) is 0 Å². The van der Waals surface area contributed by atoms with Crippen molar-refractivity contribution in [1.29, 1.82) is 0 Å². The van der Waals surface area contributed by atoms with Gasteiger partial charge in [-0.05, 0) is 55.2 Å².